The van der Waals surface area contributed by atoms with E-state index in [1.807, 2.05) is 43.6 Å². The van der Waals surface area contributed by atoms with Crippen molar-refractivity contribution in [3.05, 3.63) is 51.5 Å². The number of thiazole rings is 1. The Kier molecular flexibility index (Phi) is 4.68. The van der Waals surface area contributed by atoms with Gasteiger partial charge in [0.05, 0.1) is 17.6 Å². The third kappa shape index (κ3) is 3.89. The minimum atomic E-state index is 0.0801. The number of hydrogen-bond donors (Lipinski definition) is 1. The van der Waals surface area contributed by atoms with E-state index in [2.05, 4.69) is 10.3 Å². The molecule has 1 aromatic carbocycles. The van der Waals surface area contributed by atoms with Crippen LogP contribution in [0.2, 0.25) is 0 Å². The van der Waals surface area contributed by atoms with Crippen LogP contribution in [0.1, 0.15) is 21.7 Å². The predicted molar refractivity (Wildman–Crippen MR) is 78.4 cm³/mol. The topological polar surface area (TPSA) is 42.0 Å². The van der Waals surface area contributed by atoms with Crippen LogP contribution in [-0.2, 0) is 17.6 Å². The molecule has 2 aromatic rings. The lowest BCUT2D eigenvalue weighted by Crippen LogP contribution is -2.27. The first-order chi connectivity index (χ1) is 9.16. The predicted octanol–water partition coefficient (Wildman–Crippen LogP) is 2.66. The first-order valence-corrected chi connectivity index (χ1v) is 7.25. The van der Waals surface area contributed by atoms with Crippen molar-refractivity contribution in [1.29, 1.82) is 0 Å². The quantitative estimate of drug-likeness (QED) is 0.910. The van der Waals surface area contributed by atoms with Crippen LogP contribution in [0.3, 0.4) is 0 Å². The van der Waals surface area contributed by atoms with E-state index in [4.69, 9.17) is 0 Å². The first-order valence-electron chi connectivity index (χ1n) is 6.37. The molecule has 0 aliphatic heterocycles. The van der Waals surface area contributed by atoms with Crippen LogP contribution >= 0.6 is 11.3 Å². The number of aryl methyl sites for hydroxylation is 2. The Labute approximate surface area is 117 Å². The Hall–Kier alpha value is -1.68. The molecule has 2 rings (SSSR count). The average Bonchev–Trinajstić information content (AvgIpc) is 2.78. The maximum absolute atomic E-state index is 11.9. The van der Waals surface area contributed by atoms with Gasteiger partial charge in [0, 0.05) is 17.8 Å². The summed E-state index contributed by atoms with van der Waals surface area (Å²) in [4.78, 5) is 17.3. The number of nitrogens with zero attached hydrogens (tertiary/aromatic N) is 1. The standard InChI is InChI=1S/C15H18N2OS/c1-11-5-3-4-6-13(11)9-15(18)16-8-7-14-12(2)17-10-19-14/h3-6,10H,7-9H2,1-2H3,(H,16,18). The molecule has 0 bridgehead atoms. The van der Waals surface area contributed by atoms with Gasteiger partial charge in [-0.1, -0.05) is 24.3 Å². The van der Waals surface area contributed by atoms with Gasteiger partial charge in [-0.2, -0.15) is 0 Å². The summed E-state index contributed by atoms with van der Waals surface area (Å²) in [6.45, 7) is 4.71. The van der Waals surface area contributed by atoms with E-state index in [-0.39, 0.29) is 5.91 Å². The first kappa shape index (κ1) is 13.7. The molecule has 0 saturated heterocycles. The molecule has 100 valence electrons. The van der Waals surface area contributed by atoms with Crippen molar-refractivity contribution >= 4 is 17.2 Å². The van der Waals surface area contributed by atoms with Crippen LogP contribution in [0.4, 0.5) is 0 Å². The second-order valence-electron chi connectivity index (χ2n) is 4.56. The van der Waals surface area contributed by atoms with Crippen LogP contribution in [0.5, 0.6) is 0 Å². The van der Waals surface area contributed by atoms with Crippen molar-refractivity contribution in [2.45, 2.75) is 26.7 Å². The summed E-state index contributed by atoms with van der Waals surface area (Å²) in [5.74, 6) is 0.0801. The van der Waals surface area contributed by atoms with Crippen molar-refractivity contribution in [2.24, 2.45) is 0 Å². The summed E-state index contributed by atoms with van der Waals surface area (Å²) >= 11 is 1.65. The van der Waals surface area contributed by atoms with Crippen molar-refractivity contribution < 1.29 is 4.79 Å². The fourth-order valence-corrected chi connectivity index (χ4v) is 2.71. The average molecular weight is 274 g/mol. The van der Waals surface area contributed by atoms with Crippen molar-refractivity contribution in [3.8, 4) is 0 Å². The smallest absolute Gasteiger partial charge is 0.224 e. The molecule has 0 aliphatic rings. The molecule has 1 amide bonds. The van der Waals surface area contributed by atoms with Gasteiger partial charge in [0.25, 0.3) is 0 Å². The van der Waals surface area contributed by atoms with Crippen LogP contribution in [0, 0.1) is 13.8 Å². The molecule has 0 saturated carbocycles. The maximum Gasteiger partial charge on any atom is 0.224 e. The molecule has 1 N–H and O–H groups in total. The van der Waals surface area contributed by atoms with Gasteiger partial charge in [-0.15, -0.1) is 11.3 Å². The highest BCUT2D eigenvalue weighted by Gasteiger charge is 2.06. The summed E-state index contributed by atoms with van der Waals surface area (Å²) < 4.78 is 0. The summed E-state index contributed by atoms with van der Waals surface area (Å²) in [6, 6.07) is 7.99. The number of carbonyl (C=O) groups is 1. The van der Waals surface area contributed by atoms with Crippen LogP contribution in [-0.4, -0.2) is 17.4 Å². The van der Waals surface area contributed by atoms with Crippen molar-refractivity contribution in [2.75, 3.05) is 6.54 Å². The van der Waals surface area contributed by atoms with Crippen molar-refractivity contribution in [3.63, 3.8) is 0 Å². The van der Waals surface area contributed by atoms with E-state index < -0.39 is 0 Å². The van der Waals surface area contributed by atoms with Gasteiger partial charge in [-0.05, 0) is 25.0 Å². The summed E-state index contributed by atoms with van der Waals surface area (Å²) in [7, 11) is 0. The second kappa shape index (κ2) is 6.48. The zero-order valence-electron chi connectivity index (χ0n) is 11.3. The summed E-state index contributed by atoms with van der Waals surface area (Å²) in [5.41, 5.74) is 5.17. The van der Waals surface area contributed by atoms with E-state index in [0.29, 0.717) is 13.0 Å². The van der Waals surface area contributed by atoms with E-state index >= 15 is 0 Å². The van der Waals surface area contributed by atoms with Gasteiger partial charge in [0.15, 0.2) is 0 Å². The van der Waals surface area contributed by atoms with Crippen LogP contribution in [0.25, 0.3) is 0 Å². The minimum Gasteiger partial charge on any atom is -0.355 e. The van der Waals surface area contributed by atoms with Gasteiger partial charge >= 0.3 is 0 Å². The van der Waals surface area contributed by atoms with Gasteiger partial charge in [-0.3, -0.25) is 4.79 Å². The molecule has 0 radical (unpaired) electrons. The largest absolute Gasteiger partial charge is 0.355 e. The third-order valence-corrected chi connectivity index (χ3v) is 4.13. The monoisotopic (exact) mass is 274 g/mol. The number of nitrogens with one attached hydrogen (secondary N) is 1. The molecule has 0 fully saturated rings. The zero-order chi connectivity index (χ0) is 13.7. The highest BCUT2D eigenvalue weighted by atomic mass is 32.1. The van der Waals surface area contributed by atoms with Crippen LogP contribution < -0.4 is 5.32 Å². The molecule has 0 atom stereocenters. The lowest BCUT2D eigenvalue weighted by Gasteiger charge is -2.07. The highest BCUT2D eigenvalue weighted by Crippen LogP contribution is 2.12. The third-order valence-electron chi connectivity index (χ3n) is 3.13. The maximum atomic E-state index is 11.9. The fraction of sp³-hybridized carbons (Fsp3) is 0.333. The van der Waals surface area contributed by atoms with Crippen molar-refractivity contribution in [1.82, 2.24) is 10.3 Å². The van der Waals surface area contributed by atoms with E-state index in [0.717, 1.165) is 23.2 Å². The normalized spacial score (nSPS) is 10.4. The Morgan fingerprint density at radius 1 is 1.32 bits per heavy atom. The van der Waals surface area contributed by atoms with E-state index in [1.165, 1.54) is 4.88 Å². The lowest BCUT2D eigenvalue weighted by molar-refractivity contribution is -0.120. The fourth-order valence-electron chi connectivity index (χ4n) is 1.93. The SMILES string of the molecule is Cc1ccccc1CC(=O)NCCc1scnc1C. The van der Waals surface area contributed by atoms with E-state index in [9.17, 15) is 4.79 Å². The summed E-state index contributed by atoms with van der Waals surface area (Å²) in [6.07, 6.45) is 1.31. The Morgan fingerprint density at radius 3 is 2.79 bits per heavy atom. The molecule has 0 unspecified atom stereocenters. The molecular formula is C15H18N2OS. The molecule has 1 aromatic heterocycles. The lowest BCUT2D eigenvalue weighted by atomic mass is 10.1. The number of rotatable bonds is 5. The van der Waals surface area contributed by atoms with Gasteiger partial charge in [0.2, 0.25) is 5.91 Å². The molecule has 4 heteroatoms. The van der Waals surface area contributed by atoms with Gasteiger partial charge < -0.3 is 5.32 Å². The van der Waals surface area contributed by atoms with Gasteiger partial charge in [0.1, 0.15) is 0 Å². The highest BCUT2D eigenvalue weighted by molar-refractivity contribution is 7.09. The summed E-state index contributed by atoms with van der Waals surface area (Å²) in [5, 5.41) is 2.96. The number of amides is 1. The molecular weight excluding hydrogens is 256 g/mol. The van der Waals surface area contributed by atoms with Crippen LogP contribution in [0.15, 0.2) is 29.8 Å². The number of benzene rings is 1. The number of hydrogen-bond acceptors (Lipinski definition) is 3. The number of carbonyl (C=O) groups excluding carboxylic acids is 1. The molecule has 1 heterocycles. The Bertz CT molecular complexity index is 563. The minimum absolute atomic E-state index is 0.0801. The molecule has 3 nitrogen and oxygen atoms in total. The second-order valence-corrected chi connectivity index (χ2v) is 5.50. The Balaban J connectivity index is 1.79. The zero-order valence-corrected chi connectivity index (χ0v) is 12.1. The molecule has 0 aliphatic carbocycles. The Morgan fingerprint density at radius 2 is 2.11 bits per heavy atom. The molecule has 0 spiro atoms. The molecule has 19 heavy (non-hydrogen) atoms. The number of aromatic nitrogens is 1. The van der Waals surface area contributed by atoms with E-state index in [1.54, 1.807) is 11.3 Å². The van der Waals surface area contributed by atoms with Gasteiger partial charge in [-0.25, -0.2) is 4.98 Å².